The minimum Gasteiger partial charge on any atom is -0.346 e. The Hall–Kier alpha value is -1.78. The standard InChI is InChI=1S/C14H14N2O2/c1-10-4-5-15-13(8-10)12-3-2-11(9-16-12)14-17-6-7-18-14/h2-5,8-9,14H,6-7H2,1H3. The molecule has 0 radical (unpaired) electrons. The first-order valence-electron chi connectivity index (χ1n) is 5.95. The average Bonchev–Trinajstić information content (AvgIpc) is 2.93. The van der Waals surface area contributed by atoms with E-state index in [4.69, 9.17) is 9.47 Å². The number of ether oxygens (including phenoxy) is 2. The van der Waals surface area contributed by atoms with Gasteiger partial charge in [0.05, 0.1) is 24.6 Å². The van der Waals surface area contributed by atoms with Crippen LogP contribution in [0.4, 0.5) is 0 Å². The molecule has 2 aromatic rings. The number of rotatable bonds is 2. The first kappa shape index (κ1) is 11.3. The third kappa shape index (κ3) is 2.25. The van der Waals surface area contributed by atoms with Crippen LogP contribution in [0, 0.1) is 6.92 Å². The topological polar surface area (TPSA) is 44.2 Å². The Bertz CT molecular complexity index is 534. The molecular weight excluding hydrogens is 228 g/mol. The van der Waals surface area contributed by atoms with Crippen LogP contribution in [0.1, 0.15) is 17.4 Å². The van der Waals surface area contributed by atoms with Crippen LogP contribution in [0.25, 0.3) is 11.4 Å². The number of hydrogen-bond donors (Lipinski definition) is 0. The van der Waals surface area contributed by atoms with E-state index in [9.17, 15) is 0 Å². The van der Waals surface area contributed by atoms with E-state index < -0.39 is 0 Å². The van der Waals surface area contributed by atoms with Crippen LogP contribution in [-0.2, 0) is 9.47 Å². The highest BCUT2D eigenvalue weighted by atomic mass is 16.7. The van der Waals surface area contributed by atoms with Gasteiger partial charge in [0, 0.05) is 18.0 Å². The summed E-state index contributed by atoms with van der Waals surface area (Å²) in [5.74, 6) is 0. The number of hydrogen-bond acceptors (Lipinski definition) is 4. The molecule has 1 saturated heterocycles. The minimum absolute atomic E-state index is 0.267. The van der Waals surface area contributed by atoms with E-state index in [2.05, 4.69) is 9.97 Å². The lowest BCUT2D eigenvalue weighted by Gasteiger charge is -2.09. The summed E-state index contributed by atoms with van der Waals surface area (Å²) in [6.07, 6.45) is 3.32. The molecule has 0 atom stereocenters. The van der Waals surface area contributed by atoms with E-state index >= 15 is 0 Å². The molecule has 4 nitrogen and oxygen atoms in total. The van der Waals surface area contributed by atoms with Gasteiger partial charge in [0.15, 0.2) is 6.29 Å². The zero-order chi connectivity index (χ0) is 12.4. The normalized spacial score (nSPS) is 16.1. The first-order valence-corrected chi connectivity index (χ1v) is 5.95. The van der Waals surface area contributed by atoms with E-state index in [0.29, 0.717) is 13.2 Å². The third-order valence-electron chi connectivity index (χ3n) is 2.86. The molecule has 0 bridgehead atoms. The van der Waals surface area contributed by atoms with Gasteiger partial charge in [-0.05, 0) is 30.7 Å². The Labute approximate surface area is 106 Å². The van der Waals surface area contributed by atoms with Gasteiger partial charge in [-0.2, -0.15) is 0 Å². The highest BCUT2D eigenvalue weighted by Gasteiger charge is 2.18. The second kappa shape index (κ2) is 4.84. The summed E-state index contributed by atoms with van der Waals surface area (Å²) in [5, 5.41) is 0. The van der Waals surface area contributed by atoms with Crippen LogP contribution in [-0.4, -0.2) is 23.2 Å². The maximum Gasteiger partial charge on any atom is 0.185 e. The SMILES string of the molecule is Cc1ccnc(-c2ccc(C3OCCO3)cn2)c1. The van der Waals surface area contributed by atoms with Gasteiger partial charge in [-0.1, -0.05) is 6.07 Å². The molecule has 0 N–H and O–H groups in total. The molecule has 1 aliphatic heterocycles. The molecule has 3 rings (SSSR count). The molecule has 92 valence electrons. The van der Waals surface area contributed by atoms with Gasteiger partial charge in [-0.25, -0.2) is 0 Å². The van der Waals surface area contributed by atoms with Crippen LogP contribution in [0.3, 0.4) is 0 Å². The molecule has 0 aromatic carbocycles. The van der Waals surface area contributed by atoms with Crippen LogP contribution in [0.5, 0.6) is 0 Å². The van der Waals surface area contributed by atoms with Crippen molar-refractivity contribution in [2.24, 2.45) is 0 Å². The lowest BCUT2D eigenvalue weighted by molar-refractivity contribution is -0.0443. The quantitative estimate of drug-likeness (QED) is 0.811. The summed E-state index contributed by atoms with van der Waals surface area (Å²) >= 11 is 0. The molecule has 0 spiro atoms. The van der Waals surface area contributed by atoms with E-state index in [-0.39, 0.29) is 6.29 Å². The highest BCUT2D eigenvalue weighted by Crippen LogP contribution is 2.24. The van der Waals surface area contributed by atoms with Crippen molar-refractivity contribution in [1.29, 1.82) is 0 Å². The van der Waals surface area contributed by atoms with Crippen molar-refractivity contribution in [3.05, 3.63) is 47.8 Å². The van der Waals surface area contributed by atoms with Gasteiger partial charge in [0.25, 0.3) is 0 Å². The zero-order valence-electron chi connectivity index (χ0n) is 10.2. The minimum atomic E-state index is -0.267. The molecule has 2 aromatic heterocycles. The monoisotopic (exact) mass is 242 g/mol. The van der Waals surface area contributed by atoms with Gasteiger partial charge >= 0.3 is 0 Å². The Kier molecular flexibility index (Phi) is 3.04. The Morgan fingerprint density at radius 3 is 2.56 bits per heavy atom. The van der Waals surface area contributed by atoms with Crippen molar-refractivity contribution in [3.8, 4) is 11.4 Å². The fourth-order valence-electron chi connectivity index (χ4n) is 1.92. The summed E-state index contributed by atoms with van der Waals surface area (Å²) in [4.78, 5) is 8.72. The Morgan fingerprint density at radius 1 is 1.06 bits per heavy atom. The number of aromatic nitrogens is 2. The van der Waals surface area contributed by atoms with Crippen molar-refractivity contribution in [2.75, 3.05) is 13.2 Å². The average molecular weight is 242 g/mol. The molecule has 0 saturated carbocycles. The van der Waals surface area contributed by atoms with Crippen molar-refractivity contribution < 1.29 is 9.47 Å². The molecule has 0 amide bonds. The van der Waals surface area contributed by atoms with Crippen LogP contribution >= 0.6 is 0 Å². The lowest BCUT2D eigenvalue weighted by Crippen LogP contribution is -1.99. The second-order valence-corrected chi connectivity index (χ2v) is 4.27. The molecule has 0 unspecified atom stereocenters. The fourth-order valence-corrected chi connectivity index (χ4v) is 1.92. The number of aryl methyl sites for hydroxylation is 1. The van der Waals surface area contributed by atoms with Crippen molar-refractivity contribution >= 4 is 0 Å². The van der Waals surface area contributed by atoms with Gasteiger partial charge in [-0.15, -0.1) is 0 Å². The summed E-state index contributed by atoms with van der Waals surface area (Å²) in [7, 11) is 0. The van der Waals surface area contributed by atoms with E-state index in [1.807, 2.05) is 31.2 Å². The van der Waals surface area contributed by atoms with E-state index in [1.54, 1.807) is 12.4 Å². The predicted molar refractivity (Wildman–Crippen MR) is 66.9 cm³/mol. The maximum atomic E-state index is 5.43. The molecule has 1 fully saturated rings. The molecule has 3 heterocycles. The van der Waals surface area contributed by atoms with Crippen LogP contribution in [0.15, 0.2) is 36.7 Å². The van der Waals surface area contributed by atoms with Crippen molar-refractivity contribution in [3.63, 3.8) is 0 Å². The first-order chi connectivity index (χ1) is 8.83. The third-order valence-corrected chi connectivity index (χ3v) is 2.86. The summed E-state index contributed by atoms with van der Waals surface area (Å²) < 4.78 is 10.9. The van der Waals surface area contributed by atoms with Gasteiger partial charge in [0.1, 0.15) is 0 Å². The molecular formula is C14H14N2O2. The van der Waals surface area contributed by atoms with Crippen molar-refractivity contribution in [2.45, 2.75) is 13.2 Å². The lowest BCUT2D eigenvalue weighted by atomic mass is 10.2. The van der Waals surface area contributed by atoms with Gasteiger partial charge in [-0.3, -0.25) is 9.97 Å². The van der Waals surface area contributed by atoms with E-state index in [0.717, 1.165) is 17.0 Å². The molecule has 1 aliphatic rings. The molecule has 18 heavy (non-hydrogen) atoms. The molecule has 4 heteroatoms. The second-order valence-electron chi connectivity index (χ2n) is 4.27. The number of pyridine rings is 2. The summed E-state index contributed by atoms with van der Waals surface area (Å²) in [6, 6.07) is 7.91. The fraction of sp³-hybridized carbons (Fsp3) is 0.286. The van der Waals surface area contributed by atoms with Gasteiger partial charge < -0.3 is 9.47 Å². The van der Waals surface area contributed by atoms with Crippen LogP contribution < -0.4 is 0 Å². The van der Waals surface area contributed by atoms with Crippen LogP contribution in [0.2, 0.25) is 0 Å². The highest BCUT2D eigenvalue weighted by molar-refractivity contribution is 5.54. The van der Waals surface area contributed by atoms with E-state index in [1.165, 1.54) is 5.56 Å². The zero-order valence-corrected chi connectivity index (χ0v) is 10.2. The maximum absolute atomic E-state index is 5.43. The largest absolute Gasteiger partial charge is 0.346 e. The Morgan fingerprint density at radius 2 is 1.89 bits per heavy atom. The predicted octanol–water partition coefficient (Wildman–Crippen LogP) is 2.50. The Balaban J connectivity index is 1.86. The summed E-state index contributed by atoms with van der Waals surface area (Å²) in [6.45, 7) is 3.33. The molecule has 0 aliphatic carbocycles. The van der Waals surface area contributed by atoms with Gasteiger partial charge in [0.2, 0.25) is 0 Å². The number of nitrogens with zero attached hydrogens (tertiary/aromatic N) is 2. The summed E-state index contributed by atoms with van der Waals surface area (Å²) in [5.41, 5.74) is 3.87. The smallest absolute Gasteiger partial charge is 0.185 e. The van der Waals surface area contributed by atoms with Crippen molar-refractivity contribution in [1.82, 2.24) is 9.97 Å².